The Morgan fingerprint density at radius 2 is 2.00 bits per heavy atom. The van der Waals surface area contributed by atoms with Gasteiger partial charge in [-0.15, -0.1) is 0 Å². The molecule has 0 saturated heterocycles. The molecule has 0 aromatic carbocycles. The lowest BCUT2D eigenvalue weighted by Gasteiger charge is -2.20. The highest BCUT2D eigenvalue weighted by Crippen LogP contribution is 2.19. The molecule has 1 rings (SSSR count). The number of hydrogen-bond donors (Lipinski definition) is 3. The molecule has 0 aromatic heterocycles. The molecule has 5 heteroatoms. The lowest BCUT2D eigenvalue weighted by atomic mass is 9.97. The summed E-state index contributed by atoms with van der Waals surface area (Å²) in [7, 11) is 0. The number of carboxylic acids is 1. The van der Waals surface area contributed by atoms with Gasteiger partial charge in [-0.3, -0.25) is 4.79 Å². The van der Waals surface area contributed by atoms with Crippen LogP contribution in [0, 0.1) is 0 Å². The molecule has 1 aliphatic carbocycles. The maximum atomic E-state index is 10.7. The second-order valence-corrected chi connectivity index (χ2v) is 2.28. The van der Waals surface area contributed by atoms with Crippen molar-refractivity contribution in [2.45, 2.75) is 5.79 Å². The number of carboxylic acid groups (broad SMARTS) is 1. The van der Waals surface area contributed by atoms with Crippen LogP contribution in [-0.4, -0.2) is 32.9 Å². The molecular weight excluding hydrogens is 164 g/mol. The molecule has 0 aromatic rings. The molecule has 1 aliphatic rings. The van der Waals surface area contributed by atoms with Crippen LogP contribution in [0.5, 0.6) is 0 Å². The molecular formula is C7H6O5. The van der Waals surface area contributed by atoms with Gasteiger partial charge in [0, 0.05) is 0 Å². The summed E-state index contributed by atoms with van der Waals surface area (Å²) in [5.41, 5.74) is -0.741. The smallest absolute Gasteiger partial charge is 0.337 e. The Hall–Kier alpha value is -1.46. The van der Waals surface area contributed by atoms with Crippen LogP contribution in [0.15, 0.2) is 23.8 Å². The number of allylic oxidation sites excluding steroid dienone is 2. The summed E-state index contributed by atoms with van der Waals surface area (Å²) in [4.78, 5) is 21.1. The van der Waals surface area contributed by atoms with Crippen LogP contribution in [0.3, 0.4) is 0 Å². The average molecular weight is 170 g/mol. The van der Waals surface area contributed by atoms with Crippen molar-refractivity contribution in [1.29, 1.82) is 0 Å². The molecule has 0 aliphatic heterocycles. The number of aliphatic hydroxyl groups is 2. The Labute approximate surface area is 67.2 Å². The number of carbonyl (C=O) groups is 2. The van der Waals surface area contributed by atoms with Crippen molar-refractivity contribution in [3.05, 3.63) is 23.8 Å². The third kappa shape index (κ3) is 1.15. The van der Waals surface area contributed by atoms with Crippen molar-refractivity contribution in [2.75, 3.05) is 0 Å². The first-order valence-electron chi connectivity index (χ1n) is 3.07. The Morgan fingerprint density at radius 3 is 2.42 bits per heavy atom. The highest BCUT2D eigenvalue weighted by atomic mass is 16.5. The molecule has 64 valence electrons. The molecule has 0 amide bonds. The van der Waals surface area contributed by atoms with Crippen LogP contribution in [0.1, 0.15) is 0 Å². The normalized spacial score (nSPS) is 20.5. The Morgan fingerprint density at radius 1 is 1.42 bits per heavy atom. The van der Waals surface area contributed by atoms with E-state index in [2.05, 4.69) is 0 Å². The van der Waals surface area contributed by atoms with Crippen molar-refractivity contribution in [2.24, 2.45) is 0 Å². The predicted octanol–water partition coefficient (Wildman–Crippen LogP) is -1.18. The Kier molecular flexibility index (Phi) is 1.83. The summed E-state index contributed by atoms with van der Waals surface area (Å²) in [6.45, 7) is 0. The average Bonchev–Trinajstić information content (AvgIpc) is 1.94. The largest absolute Gasteiger partial charge is 0.478 e. The van der Waals surface area contributed by atoms with E-state index in [0.717, 1.165) is 18.2 Å². The van der Waals surface area contributed by atoms with Gasteiger partial charge in [0.2, 0.25) is 5.78 Å². The topological polar surface area (TPSA) is 94.8 Å². The molecule has 0 unspecified atom stereocenters. The van der Waals surface area contributed by atoms with Gasteiger partial charge < -0.3 is 15.3 Å². The minimum atomic E-state index is -2.89. The first kappa shape index (κ1) is 8.63. The van der Waals surface area contributed by atoms with E-state index in [4.69, 9.17) is 15.3 Å². The van der Waals surface area contributed by atoms with Gasteiger partial charge in [-0.05, 0) is 12.2 Å². The quantitative estimate of drug-likeness (QED) is 0.430. The fraction of sp³-hybridized carbons (Fsp3) is 0.143. The first-order chi connectivity index (χ1) is 5.46. The molecule has 0 heterocycles. The van der Waals surface area contributed by atoms with E-state index in [-0.39, 0.29) is 0 Å². The van der Waals surface area contributed by atoms with Gasteiger partial charge in [0.25, 0.3) is 5.79 Å². The highest BCUT2D eigenvalue weighted by molar-refractivity contribution is 6.07. The van der Waals surface area contributed by atoms with E-state index in [9.17, 15) is 9.59 Å². The summed E-state index contributed by atoms with van der Waals surface area (Å²) in [6, 6.07) is 0. The Bertz CT molecular complexity index is 297. The maximum absolute atomic E-state index is 10.7. The molecule has 0 bridgehead atoms. The van der Waals surface area contributed by atoms with Crippen molar-refractivity contribution < 1.29 is 24.9 Å². The molecule has 0 spiro atoms. The van der Waals surface area contributed by atoms with Crippen LogP contribution in [0.25, 0.3) is 0 Å². The summed E-state index contributed by atoms with van der Waals surface area (Å²) in [5, 5.41) is 26.4. The fourth-order valence-corrected chi connectivity index (χ4v) is 0.817. The van der Waals surface area contributed by atoms with Crippen LogP contribution in [-0.2, 0) is 9.59 Å². The monoisotopic (exact) mass is 170 g/mol. The van der Waals surface area contributed by atoms with Gasteiger partial charge in [0.15, 0.2) is 0 Å². The first-order valence-corrected chi connectivity index (χ1v) is 3.07. The number of ketones is 1. The molecule has 0 fully saturated rings. The van der Waals surface area contributed by atoms with Gasteiger partial charge in [-0.25, -0.2) is 4.79 Å². The van der Waals surface area contributed by atoms with Crippen LogP contribution < -0.4 is 0 Å². The Balaban J connectivity index is 3.15. The van der Waals surface area contributed by atoms with Gasteiger partial charge in [-0.1, -0.05) is 6.08 Å². The number of rotatable bonds is 1. The number of carbonyl (C=O) groups excluding carboxylic acids is 1. The van der Waals surface area contributed by atoms with E-state index in [1.165, 1.54) is 0 Å². The molecule has 5 nitrogen and oxygen atoms in total. The summed E-state index contributed by atoms with van der Waals surface area (Å²) < 4.78 is 0. The zero-order valence-corrected chi connectivity index (χ0v) is 5.89. The van der Waals surface area contributed by atoms with Crippen molar-refractivity contribution in [1.82, 2.24) is 0 Å². The number of hydrogen-bond acceptors (Lipinski definition) is 4. The van der Waals surface area contributed by atoms with Crippen LogP contribution in [0.4, 0.5) is 0 Å². The zero-order chi connectivity index (χ0) is 9.35. The lowest BCUT2D eigenvalue weighted by molar-refractivity contribution is -0.169. The minimum absolute atomic E-state index is 0.741. The highest BCUT2D eigenvalue weighted by Gasteiger charge is 2.41. The molecule has 0 atom stereocenters. The molecule has 12 heavy (non-hydrogen) atoms. The van der Waals surface area contributed by atoms with Crippen molar-refractivity contribution in [3.8, 4) is 0 Å². The predicted molar refractivity (Wildman–Crippen MR) is 37.0 cm³/mol. The van der Waals surface area contributed by atoms with Gasteiger partial charge in [0.1, 0.15) is 5.57 Å². The van der Waals surface area contributed by atoms with E-state index in [1.54, 1.807) is 0 Å². The zero-order valence-electron chi connectivity index (χ0n) is 5.89. The molecule has 3 N–H and O–H groups in total. The summed E-state index contributed by atoms with van der Waals surface area (Å²) in [6.07, 6.45) is 3.01. The molecule has 0 radical (unpaired) electrons. The minimum Gasteiger partial charge on any atom is -0.478 e. The lowest BCUT2D eigenvalue weighted by Crippen LogP contribution is -2.43. The summed E-state index contributed by atoms with van der Waals surface area (Å²) >= 11 is 0. The second-order valence-electron chi connectivity index (χ2n) is 2.28. The van der Waals surface area contributed by atoms with E-state index >= 15 is 0 Å². The fourth-order valence-electron chi connectivity index (χ4n) is 0.817. The standard InChI is InChI=1S/C7H6O5/c8-5-3-1-2-4(6(9)10)7(5,11)12/h1-3,11-12H,(H,9,10). The van der Waals surface area contributed by atoms with E-state index < -0.39 is 23.1 Å². The molecule has 0 saturated carbocycles. The van der Waals surface area contributed by atoms with E-state index in [1.807, 2.05) is 0 Å². The SMILES string of the molecule is O=C(O)C1=CC=CC(=O)C1(O)O. The maximum Gasteiger partial charge on any atom is 0.337 e. The number of aliphatic carboxylic acids is 1. The van der Waals surface area contributed by atoms with E-state index in [0.29, 0.717) is 0 Å². The van der Waals surface area contributed by atoms with Gasteiger partial charge >= 0.3 is 5.97 Å². The van der Waals surface area contributed by atoms with Crippen LogP contribution in [0.2, 0.25) is 0 Å². The third-order valence-corrected chi connectivity index (χ3v) is 1.46. The van der Waals surface area contributed by atoms with Crippen LogP contribution >= 0.6 is 0 Å². The van der Waals surface area contributed by atoms with Crippen molar-refractivity contribution >= 4 is 11.8 Å². The van der Waals surface area contributed by atoms with Gasteiger partial charge in [0.05, 0.1) is 0 Å². The second kappa shape index (κ2) is 2.54. The third-order valence-electron chi connectivity index (χ3n) is 1.46. The van der Waals surface area contributed by atoms with Crippen molar-refractivity contribution in [3.63, 3.8) is 0 Å². The van der Waals surface area contributed by atoms with Gasteiger partial charge in [-0.2, -0.15) is 0 Å². The summed E-state index contributed by atoms with van der Waals surface area (Å²) in [5.74, 6) is -5.47.